The van der Waals surface area contributed by atoms with Crippen LogP contribution in [-0.4, -0.2) is 53.5 Å². The summed E-state index contributed by atoms with van der Waals surface area (Å²) in [4.78, 5) is 24.2. The molecule has 2 aromatic heterocycles. The van der Waals surface area contributed by atoms with E-state index in [2.05, 4.69) is 25.1 Å². The molecular formula is C13H15ClN6O2. The van der Waals surface area contributed by atoms with E-state index in [1.807, 2.05) is 4.90 Å². The van der Waals surface area contributed by atoms with Gasteiger partial charge in [-0.3, -0.25) is 4.79 Å². The van der Waals surface area contributed by atoms with Crippen LogP contribution in [0.3, 0.4) is 0 Å². The topological polar surface area (TPSA) is 87.2 Å². The Bertz CT molecular complexity index is 714. The van der Waals surface area contributed by atoms with Gasteiger partial charge in [0, 0.05) is 38.4 Å². The SMILES string of the molecule is COc1ccnc(N2CCN(c3cn[nH]c(=O)c3Cl)CC2)n1. The highest BCUT2D eigenvalue weighted by Gasteiger charge is 2.22. The number of ether oxygens (including phenoxy) is 1. The molecule has 1 fully saturated rings. The fourth-order valence-corrected chi connectivity index (χ4v) is 2.55. The quantitative estimate of drug-likeness (QED) is 0.882. The number of rotatable bonds is 3. The van der Waals surface area contributed by atoms with Gasteiger partial charge >= 0.3 is 0 Å². The summed E-state index contributed by atoms with van der Waals surface area (Å²) in [6.07, 6.45) is 3.24. The summed E-state index contributed by atoms with van der Waals surface area (Å²) in [6, 6.07) is 1.71. The monoisotopic (exact) mass is 322 g/mol. The zero-order chi connectivity index (χ0) is 15.5. The number of aromatic amines is 1. The van der Waals surface area contributed by atoms with Crippen molar-refractivity contribution in [3.63, 3.8) is 0 Å². The van der Waals surface area contributed by atoms with Crippen LogP contribution in [0, 0.1) is 0 Å². The van der Waals surface area contributed by atoms with Crippen molar-refractivity contribution in [3.05, 3.63) is 33.8 Å². The van der Waals surface area contributed by atoms with Crippen LogP contribution >= 0.6 is 11.6 Å². The van der Waals surface area contributed by atoms with E-state index in [1.54, 1.807) is 25.6 Å². The first-order valence-corrected chi connectivity index (χ1v) is 7.17. The molecule has 0 saturated carbocycles. The van der Waals surface area contributed by atoms with Gasteiger partial charge < -0.3 is 14.5 Å². The molecule has 0 amide bonds. The summed E-state index contributed by atoms with van der Waals surface area (Å²) in [5.74, 6) is 1.17. The minimum atomic E-state index is -0.377. The maximum atomic E-state index is 11.5. The summed E-state index contributed by atoms with van der Waals surface area (Å²) in [6.45, 7) is 2.84. The minimum Gasteiger partial charge on any atom is -0.481 e. The van der Waals surface area contributed by atoms with Crippen molar-refractivity contribution in [1.29, 1.82) is 0 Å². The van der Waals surface area contributed by atoms with E-state index in [9.17, 15) is 4.79 Å². The molecule has 22 heavy (non-hydrogen) atoms. The van der Waals surface area contributed by atoms with Gasteiger partial charge in [0.25, 0.3) is 5.56 Å². The van der Waals surface area contributed by atoms with Crippen molar-refractivity contribution < 1.29 is 4.74 Å². The summed E-state index contributed by atoms with van der Waals surface area (Å²) < 4.78 is 5.11. The molecule has 9 heteroatoms. The van der Waals surface area contributed by atoms with Gasteiger partial charge in [-0.25, -0.2) is 10.1 Å². The molecule has 0 bridgehead atoms. The van der Waals surface area contributed by atoms with Gasteiger partial charge in [0.1, 0.15) is 5.02 Å². The molecular weight excluding hydrogens is 308 g/mol. The minimum absolute atomic E-state index is 0.168. The Labute approximate surface area is 131 Å². The van der Waals surface area contributed by atoms with E-state index in [-0.39, 0.29) is 10.6 Å². The average Bonchev–Trinajstić information content (AvgIpc) is 2.58. The standard InChI is InChI=1S/C13H15ClN6O2/c1-22-10-2-3-15-13(17-10)20-6-4-19(5-7-20)9-8-16-18-12(21)11(9)14/h2-3,8H,4-7H2,1H3,(H,18,21). The van der Waals surface area contributed by atoms with Crippen LogP contribution in [0.15, 0.2) is 23.3 Å². The summed E-state index contributed by atoms with van der Waals surface area (Å²) >= 11 is 6.04. The first kappa shape index (κ1) is 14.6. The van der Waals surface area contributed by atoms with Gasteiger partial charge in [-0.2, -0.15) is 10.1 Å². The van der Waals surface area contributed by atoms with Gasteiger partial charge in [-0.1, -0.05) is 11.6 Å². The van der Waals surface area contributed by atoms with Crippen molar-refractivity contribution in [2.45, 2.75) is 0 Å². The Morgan fingerprint density at radius 1 is 1.27 bits per heavy atom. The molecule has 0 atom stereocenters. The number of halogens is 1. The van der Waals surface area contributed by atoms with Gasteiger partial charge in [-0.05, 0) is 0 Å². The molecule has 1 saturated heterocycles. The predicted molar refractivity (Wildman–Crippen MR) is 82.9 cm³/mol. The van der Waals surface area contributed by atoms with E-state index >= 15 is 0 Å². The lowest BCUT2D eigenvalue weighted by atomic mass is 10.3. The third-order valence-electron chi connectivity index (χ3n) is 3.51. The zero-order valence-electron chi connectivity index (χ0n) is 12.0. The largest absolute Gasteiger partial charge is 0.481 e. The van der Waals surface area contributed by atoms with Crippen LogP contribution in [0.2, 0.25) is 5.02 Å². The molecule has 8 nitrogen and oxygen atoms in total. The number of nitrogens with zero attached hydrogens (tertiary/aromatic N) is 5. The number of nitrogens with one attached hydrogen (secondary N) is 1. The van der Waals surface area contributed by atoms with Crippen molar-refractivity contribution >= 4 is 23.2 Å². The summed E-state index contributed by atoms with van der Waals surface area (Å²) in [7, 11) is 1.58. The number of aromatic nitrogens is 4. The fourth-order valence-electron chi connectivity index (χ4n) is 2.34. The molecule has 116 valence electrons. The number of anilines is 2. The molecule has 3 rings (SSSR count). The molecule has 1 aliphatic rings. The van der Waals surface area contributed by atoms with Gasteiger partial charge in [0.05, 0.1) is 19.0 Å². The van der Waals surface area contributed by atoms with Crippen LogP contribution in [0.1, 0.15) is 0 Å². The number of methoxy groups -OCH3 is 1. The summed E-state index contributed by atoms with van der Waals surface area (Å²) in [5.41, 5.74) is 0.273. The Morgan fingerprint density at radius 3 is 2.73 bits per heavy atom. The zero-order valence-corrected chi connectivity index (χ0v) is 12.7. The lowest BCUT2D eigenvalue weighted by Crippen LogP contribution is -2.47. The molecule has 1 N–H and O–H groups in total. The van der Waals surface area contributed by atoms with Crippen LogP contribution in [0.5, 0.6) is 5.88 Å². The number of H-pyrrole nitrogens is 1. The van der Waals surface area contributed by atoms with Gasteiger partial charge in [0.2, 0.25) is 11.8 Å². The van der Waals surface area contributed by atoms with Gasteiger partial charge in [-0.15, -0.1) is 0 Å². The maximum absolute atomic E-state index is 11.5. The normalized spacial score (nSPS) is 15.0. The highest BCUT2D eigenvalue weighted by atomic mass is 35.5. The lowest BCUT2D eigenvalue weighted by Gasteiger charge is -2.36. The molecule has 0 aromatic carbocycles. The molecule has 0 radical (unpaired) electrons. The Morgan fingerprint density at radius 2 is 2.00 bits per heavy atom. The second-order valence-corrected chi connectivity index (χ2v) is 5.15. The van der Waals surface area contributed by atoms with E-state index in [1.165, 1.54) is 0 Å². The highest BCUT2D eigenvalue weighted by molar-refractivity contribution is 6.33. The van der Waals surface area contributed by atoms with Crippen molar-refractivity contribution in [2.24, 2.45) is 0 Å². The molecule has 3 heterocycles. The van der Waals surface area contributed by atoms with Crippen LogP contribution in [-0.2, 0) is 0 Å². The first-order chi connectivity index (χ1) is 10.7. The summed E-state index contributed by atoms with van der Waals surface area (Å²) in [5, 5.41) is 6.29. The van der Waals surface area contributed by atoms with Crippen molar-refractivity contribution in [1.82, 2.24) is 20.2 Å². The maximum Gasteiger partial charge on any atom is 0.285 e. The first-order valence-electron chi connectivity index (χ1n) is 6.79. The Balaban J connectivity index is 1.72. The second-order valence-electron chi connectivity index (χ2n) is 4.77. The highest BCUT2D eigenvalue weighted by Crippen LogP contribution is 2.23. The molecule has 1 aliphatic heterocycles. The average molecular weight is 323 g/mol. The second kappa shape index (κ2) is 6.18. The third-order valence-corrected chi connectivity index (χ3v) is 3.87. The van der Waals surface area contributed by atoms with Crippen LogP contribution in [0.25, 0.3) is 0 Å². The molecule has 2 aromatic rings. The predicted octanol–water partition coefficient (Wildman–Crippen LogP) is 0.548. The number of hydrogen-bond acceptors (Lipinski definition) is 7. The Kier molecular flexibility index (Phi) is 4.10. The number of piperazine rings is 1. The fraction of sp³-hybridized carbons (Fsp3) is 0.385. The number of hydrogen-bond donors (Lipinski definition) is 1. The van der Waals surface area contributed by atoms with E-state index in [0.717, 1.165) is 13.1 Å². The molecule has 0 aliphatic carbocycles. The van der Waals surface area contributed by atoms with E-state index < -0.39 is 0 Å². The van der Waals surface area contributed by atoms with Crippen LogP contribution < -0.4 is 20.1 Å². The molecule has 0 spiro atoms. The van der Waals surface area contributed by atoms with Crippen LogP contribution in [0.4, 0.5) is 11.6 Å². The van der Waals surface area contributed by atoms with Crippen molar-refractivity contribution in [3.8, 4) is 5.88 Å². The van der Waals surface area contributed by atoms with Crippen molar-refractivity contribution in [2.75, 3.05) is 43.1 Å². The lowest BCUT2D eigenvalue weighted by molar-refractivity contribution is 0.396. The third kappa shape index (κ3) is 2.82. The molecule has 0 unspecified atom stereocenters. The Hall–Kier alpha value is -2.35. The van der Waals surface area contributed by atoms with E-state index in [0.29, 0.717) is 30.6 Å². The smallest absolute Gasteiger partial charge is 0.285 e. The van der Waals surface area contributed by atoms with E-state index in [4.69, 9.17) is 16.3 Å². The van der Waals surface area contributed by atoms with Gasteiger partial charge in [0.15, 0.2) is 0 Å².